The molecule has 172 valence electrons. The Kier molecular flexibility index (Phi) is 5.97. The molecule has 5 heterocycles. The van der Waals surface area contributed by atoms with Crippen molar-refractivity contribution in [1.29, 1.82) is 0 Å². The minimum absolute atomic E-state index is 0.0821. The summed E-state index contributed by atoms with van der Waals surface area (Å²) in [5.74, 6) is 0.119. The van der Waals surface area contributed by atoms with E-state index >= 15 is 0 Å². The van der Waals surface area contributed by atoms with Crippen LogP contribution in [0.2, 0.25) is 0 Å². The molecule has 33 heavy (non-hydrogen) atoms. The zero-order valence-corrected chi connectivity index (χ0v) is 18.5. The second-order valence-electron chi connectivity index (χ2n) is 7.88. The molecule has 1 N–H and O–H groups in total. The summed E-state index contributed by atoms with van der Waals surface area (Å²) in [6, 6.07) is 1.69. The molecule has 1 saturated heterocycles. The number of ether oxygens (including phenoxy) is 2. The molecule has 0 amide bonds. The third-order valence-electron chi connectivity index (χ3n) is 5.41. The highest BCUT2D eigenvalue weighted by molar-refractivity contribution is 5.79. The predicted molar refractivity (Wildman–Crippen MR) is 118 cm³/mol. The van der Waals surface area contributed by atoms with Crippen LogP contribution in [0, 0.1) is 12.7 Å². The van der Waals surface area contributed by atoms with Crippen molar-refractivity contribution in [2.45, 2.75) is 33.0 Å². The Labute approximate surface area is 189 Å². The normalized spacial score (nSPS) is 16.4. The van der Waals surface area contributed by atoms with Crippen LogP contribution in [-0.2, 0) is 17.8 Å². The van der Waals surface area contributed by atoms with Gasteiger partial charge in [-0.1, -0.05) is 0 Å². The number of rotatable bonds is 7. The van der Waals surface area contributed by atoms with Gasteiger partial charge in [0.1, 0.15) is 17.2 Å². The van der Waals surface area contributed by atoms with E-state index in [0.29, 0.717) is 54.5 Å². The zero-order chi connectivity index (χ0) is 22.8. The maximum atomic E-state index is 14.0. The van der Waals surface area contributed by atoms with E-state index < -0.39 is 5.82 Å². The van der Waals surface area contributed by atoms with Crippen molar-refractivity contribution in [3.05, 3.63) is 47.9 Å². The molecule has 1 aliphatic heterocycles. The summed E-state index contributed by atoms with van der Waals surface area (Å²) in [6.45, 7) is 7.66. The third-order valence-corrected chi connectivity index (χ3v) is 5.41. The van der Waals surface area contributed by atoms with Crippen molar-refractivity contribution < 1.29 is 13.9 Å². The standard InChI is InChI=1S/C22H25FN8O2/c1-3-32-22-27-14(2)19-21(29-22)31(20(28-19)16-6-17(23)9-25-8-16)12-15-7-26-30(11-15)13-18-10-24-4-5-33-18/h6-9,11,18,24H,3-5,10,12-13H2,1-2H3. The van der Waals surface area contributed by atoms with Crippen LogP contribution < -0.4 is 10.1 Å². The molecule has 1 aliphatic rings. The van der Waals surface area contributed by atoms with Crippen molar-refractivity contribution >= 4 is 11.2 Å². The summed E-state index contributed by atoms with van der Waals surface area (Å²) in [4.78, 5) is 17.7. The fourth-order valence-corrected chi connectivity index (χ4v) is 3.93. The Hall–Kier alpha value is -3.44. The Morgan fingerprint density at radius 3 is 2.94 bits per heavy atom. The number of hydrogen-bond donors (Lipinski definition) is 1. The van der Waals surface area contributed by atoms with Crippen LogP contribution in [0.4, 0.5) is 4.39 Å². The van der Waals surface area contributed by atoms with Crippen molar-refractivity contribution in [3.8, 4) is 17.4 Å². The fraction of sp³-hybridized carbons (Fsp3) is 0.409. The van der Waals surface area contributed by atoms with Gasteiger partial charge in [-0.2, -0.15) is 15.1 Å². The predicted octanol–water partition coefficient (Wildman–Crippen LogP) is 1.97. The van der Waals surface area contributed by atoms with E-state index in [-0.39, 0.29) is 12.1 Å². The second kappa shape index (κ2) is 9.20. The molecule has 1 atom stereocenters. The average molecular weight is 452 g/mol. The van der Waals surface area contributed by atoms with Crippen molar-refractivity contribution in [1.82, 2.24) is 39.6 Å². The van der Waals surface area contributed by atoms with Crippen LogP contribution in [-0.4, -0.2) is 66.7 Å². The average Bonchev–Trinajstić information content (AvgIpc) is 3.40. The second-order valence-corrected chi connectivity index (χ2v) is 7.88. The first-order valence-corrected chi connectivity index (χ1v) is 10.9. The van der Waals surface area contributed by atoms with Crippen molar-refractivity contribution in [2.24, 2.45) is 0 Å². The minimum Gasteiger partial charge on any atom is -0.464 e. The number of morpholine rings is 1. The van der Waals surface area contributed by atoms with Crippen molar-refractivity contribution in [3.63, 3.8) is 0 Å². The SMILES string of the molecule is CCOc1nc(C)c2nc(-c3cncc(F)c3)n(Cc3cnn(CC4CNCCO4)c3)c2n1. The first-order chi connectivity index (χ1) is 16.1. The van der Waals surface area contributed by atoms with Crippen LogP contribution >= 0.6 is 0 Å². The molecule has 4 aromatic rings. The number of fused-ring (bicyclic) bond motifs is 1. The minimum atomic E-state index is -0.433. The quantitative estimate of drug-likeness (QED) is 0.454. The zero-order valence-electron chi connectivity index (χ0n) is 18.5. The van der Waals surface area contributed by atoms with E-state index in [1.165, 1.54) is 12.3 Å². The van der Waals surface area contributed by atoms with Crippen LogP contribution in [0.15, 0.2) is 30.9 Å². The van der Waals surface area contributed by atoms with Gasteiger partial charge in [0.25, 0.3) is 0 Å². The Balaban J connectivity index is 1.53. The summed E-state index contributed by atoms with van der Waals surface area (Å²) in [7, 11) is 0. The lowest BCUT2D eigenvalue weighted by Gasteiger charge is -2.23. The van der Waals surface area contributed by atoms with E-state index in [1.54, 1.807) is 6.20 Å². The summed E-state index contributed by atoms with van der Waals surface area (Å²) in [5.41, 5.74) is 3.44. The number of nitrogens with zero attached hydrogens (tertiary/aromatic N) is 7. The lowest BCUT2D eigenvalue weighted by atomic mass is 10.2. The molecular formula is C22H25FN8O2. The molecule has 0 radical (unpaired) electrons. The van der Waals surface area contributed by atoms with Gasteiger partial charge in [-0.25, -0.2) is 9.37 Å². The molecule has 0 saturated carbocycles. The molecule has 11 heteroatoms. The van der Waals surface area contributed by atoms with Gasteiger partial charge in [0, 0.05) is 36.6 Å². The Morgan fingerprint density at radius 1 is 1.24 bits per heavy atom. The smallest absolute Gasteiger partial charge is 0.318 e. The lowest BCUT2D eigenvalue weighted by molar-refractivity contribution is 0.0161. The summed E-state index contributed by atoms with van der Waals surface area (Å²) < 4.78 is 29.1. The number of nitrogens with one attached hydrogen (secondary N) is 1. The largest absolute Gasteiger partial charge is 0.464 e. The number of imidazole rings is 1. The van der Waals surface area contributed by atoms with Gasteiger partial charge in [-0.05, 0) is 19.9 Å². The number of hydrogen-bond acceptors (Lipinski definition) is 8. The third kappa shape index (κ3) is 4.55. The van der Waals surface area contributed by atoms with Crippen molar-refractivity contribution in [2.75, 3.05) is 26.3 Å². The molecule has 0 bridgehead atoms. The monoisotopic (exact) mass is 452 g/mol. The molecule has 4 aromatic heterocycles. The lowest BCUT2D eigenvalue weighted by Crippen LogP contribution is -2.40. The number of aryl methyl sites for hydroxylation is 1. The van der Waals surface area contributed by atoms with Gasteiger partial charge in [0.05, 0.1) is 50.5 Å². The molecule has 10 nitrogen and oxygen atoms in total. The first kappa shape index (κ1) is 21.4. The fourth-order valence-electron chi connectivity index (χ4n) is 3.93. The van der Waals surface area contributed by atoms with Gasteiger partial charge in [0.15, 0.2) is 5.65 Å². The van der Waals surface area contributed by atoms with Gasteiger partial charge in [-0.3, -0.25) is 9.67 Å². The summed E-state index contributed by atoms with van der Waals surface area (Å²) in [5, 5.41) is 7.83. The molecular weight excluding hydrogens is 427 g/mol. The first-order valence-electron chi connectivity index (χ1n) is 10.9. The van der Waals surface area contributed by atoms with E-state index in [0.717, 1.165) is 18.7 Å². The number of halogens is 1. The van der Waals surface area contributed by atoms with Gasteiger partial charge < -0.3 is 19.4 Å². The van der Waals surface area contributed by atoms with E-state index in [4.69, 9.17) is 14.5 Å². The van der Waals surface area contributed by atoms with Gasteiger partial charge in [-0.15, -0.1) is 0 Å². The van der Waals surface area contributed by atoms with E-state index in [2.05, 4.69) is 25.4 Å². The highest BCUT2D eigenvalue weighted by Crippen LogP contribution is 2.27. The topological polar surface area (TPSA) is 105 Å². The number of aromatic nitrogens is 7. The molecule has 1 fully saturated rings. The molecule has 0 aromatic carbocycles. The molecule has 0 aliphatic carbocycles. The highest BCUT2D eigenvalue weighted by atomic mass is 19.1. The molecule has 0 spiro atoms. The van der Waals surface area contributed by atoms with Crippen LogP contribution in [0.3, 0.4) is 0 Å². The summed E-state index contributed by atoms with van der Waals surface area (Å²) in [6.07, 6.45) is 6.63. The van der Waals surface area contributed by atoms with Crippen LogP contribution in [0.5, 0.6) is 6.01 Å². The highest BCUT2D eigenvalue weighted by Gasteiger charge is 2.20. The maximum Gasteiger partial charge on any atom is 0.318 e. The Morgan fingerprint density at radius 2 is 2.15 bits per heavy atom. The van der Waals surface area contributed by atoms with Crippen LogP contribution in [0.25, 0.3) is 22.6 Å². The van der Waals surface area contributed by atoms with Gasteiger partial charge >= 0.3 is 6.01 Å². The molecule has 1 unspecified atom stereocenters. The maximum absolute atomic E-state index is 14.0. The van der Waals surface area contributed by atoms with Crippen LogP contribution in [0.1, 0.15) is 18.2 Å². The van der Waals surface area contributed by atoms with E-state index in [1.807, 2.05) is 35.5 Å². The number of pyridine rings is 1. The summed E-state index contributed by atoms with van der Waals surface area (Å²) >= 11 is 0. The van der Waals surface area contributed by atoms with Gasteiger partial charge in [0.2, 0.25) is 0 Å². The Bertz CT molecular complexity index is 1260. The molecule has 5 rings (SSSR count). The van der Waals surface area contributed by atoms with E-state index in [9.17, 15) is 4.39 Å².